The zero-order valence-corrected chi connectivity index (χ0v) is 29.2. The van der Waals surface area contributed by atoms with Crippen LogP contribution in [-0.2, 0) is 27.4 Å². The number of fused-ring (bicyclic) bond motifs is 3. The number of ether oxygens (including phenoxy) is 1. The van der Waals surface area contributed by atoms with Crippen LogP contribution in [0.5, 0.6) is 0 Å². The molecule has 0 aromatic carbocycles. The number of pyridine rings is 3. The SMILES string of the molecule is Cc1cc(-c2c(CCC3CCOCC3)nc3c(c2-c2cc4ccnc(NC5CCc6ncccc65)c4s2)S(=O)(=O)CC3C(C)C)ncn1. The van der Waals surface area contributed by atoms with Crippen molar-refractivity contribution in [3.8, 4) is 21.7 Å². The van der Waals surface area contributed by atoms with Gasteiger partial charge in [0.2, 0.25) is 0 Å². The fourth-order valence-electron chi connectivity index (χ4n) is 7.69. The molecule has 0 spiro atoms. The van der Waals surface area contributed by atoms with E-state index in [0.29, 0.717) is 22.2 Å². The summed E-state index contributed by atoms with van der Waals surface area (Å²) in [7, 11) is -3.63. The largest absolute Gasteiger partial charge is 0.381 e. The molecule has 1 saturated heterocycles. The number of sulfone groups is 1. The zero-order chi connectivity index (χ0) is 33.0. The highest BCUT2D eigenvalue weighted by Crippen LogP contribution is 2.51. The Balaban J connectivity index is 1.33. The van der Waals surface area contributed by atoms with Crippen molar-refractivity contribution in [1.82, 2.24) is 24.9 Å². The molecule has 0 amide bonds. The van der Waals surface area contributed by atoms with Crippen LogP contribution in [0.3, 0.4) is 0 Å². The van der Waals surface area contributed by atoms with Crippen molar-refractivity contribution in [3.63, 3.8) is 0 Å². The van der Waals surface area contributed by atoms with Crippen LogP contribution < -0.4 is 5.32 Å². The Morgan fingerprint density at radius 2 is 1.88 bits per heavy atom. The highest BCUT2D eigenvalue weighted by atomic mass is 32.2. The summed E-state index contributed by atoms with van der Waals surface area (Å²) in [4.78, 5) is 25.1. The van der Waals surface area contributed by atoms with Gasteiger partial charge in [0.1, 0.15) is 12.1 Å². The Hall–Kier alpha value is -3.80. The molecule has 5 aromatic heterocycles. The van der Waals surface area contributed by atoms with Crippen LogP contribution in [-0.4, -0.2) is 52.3 Å². The van der Waals surface area contributed by atoms with Crippen molar-refractivity contribution in [2.45, 2.75) is 76.2 Å². The first-order valence-electron chi connectivity index (χ1n) is 17.0. The highest BCUT2D eigenvalue weighted by molar-refractivity contribution is 7.92. The maximum absolute atomic E-state index is 14.2. The summed E-state index contributed by atoms with van der Waals surface area (Å²) in [5, 5.41) is 4.74. The van der Waals surface area contributed by atoms with E-state index in [0.717, 1.165) is 101 Å². The Bertz CT molecular complexity index is 2120. The number of rotatable bonds is 8. The van der Waals surface area contributed by atoms with Gasteiger partial charge in [0.15, 0.2) is 9.84 Å². The molecule has 1 N–H and O–H groups in total. The monoisotopic (exact) mass is 680 g/mol. The normalized spacial score (nSPS) is 20.3. The summed E-state index contributed by atoms with van der Waals surface area (Å²) >= 11 is 1.59. The number of hydrogen-bond donors (Lipinski definition) is 1. The molecule has 1 aliphatic carbocycles. The third kappa shape index (κ3) is 5.69. The van der Waals surface area contributed by atoms with Crippen molar-refractivity contribution >= 4 is 37.1 Å². The number of nitrogens with zero attached hydrogens (tertiary/aromatic N) is 5. The van der Waals surface area contributed by atoms with E-state index in [1.165, 1.54) is 5.56 Å². The van der Waals surface area contributed by atoms with E-state index in [1.807, 2.05) is 37.5 Å². The third-order valence-electron chi connectivity index (χ3n) is 10.3. The van der Waals surface area contributed by atoms with Gasteiger partial charge in [-0.2, -0.15) is 0 Å². The Labute approximate surface area is 285 Å². The summed E-state index contributed by atoms with van der Waals surface area (Å²) in [5.41, 5.74) is 7.03. The maximum atomic E-state index is 14.2. The Kier molecular flexibility index (Phi) is 8.25. The number of thiophene rings is 1. The maximum Gasteiger partial charge on any atom is 0.181 e. The van der Waals surface area contributed by atoms with E-state index in [1.54, 1.807) is 17.7 Å². The summed E-state index contributed by atoms with van der Waals surface area (Å²) in [5.74, 6) is 1.37. The minimum absolute atomic E-state index is 0.0695. The molecule has 8 rings (SSSR count). The van der Waals surface area contributed by atoms with Crippen molar-refractivity contribution in [1.29, 1.82) is 0 Å². The summed E-state index contributed by atoms with van der Waals surface area (Å²) < 4.78 is 35.1. The molecule has 3 aliphatic rings. The predicted molar refractivity (Wildman–Crippen MR) is 189 cm³/mol. The second-order valence-corrected chi connectivity index (χ2v) is 16.8. The Morgan fingerprint density at radius 3 is 2.69 bits per heavy atom. The topological polar surface area (TPSA) is 120 Å². The van der Waals surface area contributed by atoms with Crippen molar-refractivity contribution in [2.75, 3.05) is 24.3 Å². The molecule has 248 valence electrons. The van der Waals surface area contributed by atoms with Crippen LogP contribution in [0, 0.1) is 18.8 Å². The molecule has 5 aromatic rings. The quantitative estimate of drug-likeness (QED) is 0.178. The highest BCUT2D eigenvalue weighted by Gasteiger charge is 2.42. The standard InChI is InChI=1S/C37H40N6O3S2/c1-21(2)26-19-48(44,45)36-33(31-18-24-10-14-39-37(35(24)47-31)43-28-9-8-27-25(28)5-4-13-38-27)32(30-17-22(3)40-20-41-30)29(42-34(26)36)7-6-23-11-15-46-16-12-23/h4-5,10,13-14,17-18,20-21,23,26,28H,6-9,11-12,15-16,19H2,1-3H3,(H,39,43). The van der Waals surface area contributed by atoms with Gasteiger partial charge in [0.25, 0.3) is 0 Å². The summed E-state index contributed by atoms with van der Waals surface area (Å²) in [6, 6.07) is 10.3. The van der Waals surface area contributed by atoms with Crippen molar-refractivity contribution < 1.29 is 13.2 Å². The van der Waals surface area contributed by atoms with E-state index in [9.17, 15) is 8.42 Å². The van der Waals surface area contributed by atoms with E-state index in [-0.39, 0.29) is 23.6 Å². The van der Waals surface area contributed by atoms with Gasteiger partial charge in [-0.05, 0) is 92.5 Å². The van der Waals surface area contributed by atoms with E-state index < -0.39 is 9.84 Å². The fourth-order valence-corrected chi connectivity index (χ4v) is 11.1. The number of anilines is 1. The average molecular weight is 681 g/mol. The van der Waals surface area contributed by atoms with E-state index in [4.69, 9.17) is 19.7 Å². The third-order valence-corrected chi connectivity index (χ3v) is 13.3. The Morgan fingerprint density at radius 1 is 1.02 bits per heavy atom. The van der Waals surface area contributed by atoms with Crippen LogP contribution in [0.1, 0.15) is 79.8 Å². The molecule has 48 heavy (non-hydrogen) atoms. The lowest BCUT2D eigenvalue weighted by Gasteiger charge is -2.23. The number of hydrogen-bond acceptors (Lipinski definition) is 10. The van der Waals surface area contributed by atoms with Crippen LogP contribution in [0.15, 0.2) is 53.9 Å². The average Bonchev–Trinajstić information content (AvgIpc) is 3.78. The van der Waals surface area contributed by atoms with Gasteiger partial charge in [-0.3, -0.25) is 9.97 Å². The van der Waals surface area contributed by atoms with Gasteiger partial charge in [-0.25, -0.2) is 23.4 Å². The minimum atomic E-state index is -3.63. The molecule has 0 saturated carbocycles. The van der Waals surface area contributed by atoms with Crippen LogP contribution in [0.2, 0.25) is 0 Å². The van der Waals surface area contributed by atoms with Gasteiger partial charge in [0.05, 0.1) is 38.5 Å². The molecule has 2 atom stereocenters. The predicted octanol–water partition coefficient (Wildman–Crippen LogP) is 7.50. The van der Waals surface area contributed by atoms with Crippen LogP contribution in [0.4, 0.5) is 5.82 Å². The summed E-state index contributed by atoms with van der Waals surface area (Å²) in [6.45, 7) is 7.71. The van der Waals surface area contributed by atoms with E-state index >= 15 is 0 Å². The number of aryl methyl sites for hydroxylation is 3. The lowest BCUT2D eigenvalue weighted by molar-refractivity contribution is 0.0639. The first kappa shape index (κ1) is 31.5. The van der Waals surface area contributed by atoms with Gasteiger partial charge >= 0.3 is 0 Å². The molecule has 2 aliphatic heterocycles. The zero-order valence-electron chi connectivity index (χ0n) is 27.6. The second kappa shape index (κ2) is 12.6. The molecule has 2 unspecified atom stereocenters. The van der Waals surface area contributed by atoms with Crippen LogP contribution in [0.25, 0.3) is 31.8 Å². The smallest absolute Gasteiger partial charge is 0.181 e. The molecular weight excluding hydrogens is 641 g/mol. The molecule has 9 nitrogen and oxygen atoms in total. The molecular formula is C37H40N6O3S2. The molecule has 7 heterocycles. The lowest BCUT2D eigenvalue weighted by Crippen LogP contribution is -2.17. The molecule has 1 fully saturated rings. The van der Waals surface area contributed by atoms with Gasteiger partial charge < -0.3 is 10.1 Å². The lowest BCUT2D eigenvalue weighted by atomic mass is 9.88. The molecule has 0 radical (unpaired) electrons. The van der Waals surface area contributed by atoms with Gasteiger partial charge in [-0.1, -0.05) is 19.9 Å². The fraction of sp³-hybridized carbons (Fsp3) is 0.432. The van der Waals surface area contributed by atoms with Gasteiger partial charge in [-0.15, -0.1) is 11.3 Å². The van der Waals surface area contributed by atoms with Crippen molar-refractivity contribution in [2.24, 2.45) is 11.8 Å². The van der Waals surface area contributed by atoms with E-state index in [2.05, 4.69) is 41.3 Å². The first-order valence-corrected chi connectivity index (χ1v) is 19.5. The minimum Gasteiger partial charge on any atom is -0.381 e. The summed E-state index contributed by atoms with van der Waals surface area (Å²) in [6.07, 6.45) is 10.9. The second-order valence-electron chi connectivity index (χ2n) is 13.8. The van der Waals surface area contributed by atoms with Gasteiger partial charge in [0, 0.05) is 58.9 Å². The molecule has 11 heteroatoms. The number of aromatic nitrogens is 5. The molecule has 0 bridgehead atoms. The van der Waals surface area contributed by atoms with Crippen molar-refractivity contribution in [3.05, 3.63) is 77.4 Å². The first-order chi connectivity index (χ1) is 23.3. The van der Waals surface area contributed by atoms with Crippen LogP contribution >= 0.6 is 11.3 Å². The number of nitrogens with one attached hydrogen (secondary N) is 1.